The van der Waals surface area contributed by atoms with Crippen molar-refractivity contribution in [1.29, 1.82) is 0 Å². The minimum atomic E-state index is -0.924. The van der Waals surface area contributed by atoms with Gasteiger partial charge in [-0.25, -0.2) is 4.79 Å². The van der Waals surface area contributed by atoms with Crippen molar-refractivity contribution in [2.75, 3.05) is 0 Å². The number of carboxylic acid groups (broad SMARTS) is 1. The Morgan fingerprint density at radius 1 is 1.13 bits per heavy atom. The van der Waals surface area contributed by atoms with Crippen LogP contribution in [0, 0.1) is 6.92 Å². The Hall–Kier alpha value is -2.95. The lowest BCUT2D eigenvalue weighted by molar-refractivity contribution is 0.0697. The fourth-order valence-corrected chi connectivity index (χ4v) is 2.43. The van der Waals surface area contributed by atoms with Crippen LogP contribution in [0.25, 0.3) is 22.5 Å². The first kappa shape index (κ1) is 15.0. The molecular weight excluding hydrogens is 292 g/mol. The van der Waals surface area contributed by atoms with Gasteiger partial charge in [0.1, 0.15) is 0 Å². The number of nitrogens with zero attached hydrogens (tertiary/aromatic N) is 2. The van der Waals surface area contributed by atoms with E-state index < -0.39 is 5.97 Å². The topological polar surface area (TPSA) is 76.2 Å². The molecule has 0 amide bonds. The molecule has 0 saturated heterocycles. The second-order valence-corrected chi connectivity index (χ2v) is 5.28. The third-order valence-corrected chi connectivity index (χ3v) is 3.70. The van der Waals surface area contributed by atoms with Gasteiger partial charge in [0.05, 0.1) is 5.56 Å². The molecule has 1 heterocycles. The van der Waals surface area contributed by atoms with Gasteiger partial charge in [-0.05, 0) is 41.8 Å². The van der Waals surface area contributed by atoms with Gasteiger partial charge in [-0.15, -0.1) is 0 Å². The number of carbonyl (C=O) groups is 1. The average molecular weight is 308 g/mol. The van der Waals surface area contributed by atoms with Crippen LogP contribution in [0.2, 0.25) is 0 Å². The van der Waals surface area contributed by atoms with Crippen molar-refractivity contribution in [1.82, 2.24) is 10.1 Å². The Labute approximate surface area is 133 Å². The summed E-state index contributed by atoms with van der Waals surface area (Å²) in [6.07, 6.45) is 0.708. The highest BCUT2D eigenvalue weighted by Crippen LogP contribution is 2.27. The zero-order chi connectivity index (χ0) is 16.4. The maximum atomic E-state index is 10.9. The SMILES string of the molecule is CCc1nc(-c2ccc(-c3ccc(C(=O)O)cc3)c(C)c2)no1. The van der Waals surface area contributed by atoms with Crippen LogP contribution in [0.15, 0.2) is 47.0 Å². The number of benzene rings is 2. The molecule has 1 N–H and O–H groups in total. The van der Waals surface area contributed by atoms with Gasteiger partial charge in [0, 0.05) is 12.0 Å². The predicted molar refractivity (Wildman–Crippen MR) is 86.2 cm³/mol. The normalized spacial score (nSPS) is 10.7. The second kappa shape index (κ2) is 6.04. The summed E-state index contributed by atoms with van der Waals surface area (Å²) >= 11 is 0. The van der Waals surface area contributed by atoms with Crippen molar-refractivity contribution in [3.05, 3.63) is 59.5 Å². The lowest BCUT2D eigenvalue weighted by atomic mass is 9.97. The third-order valence-electron chi connectivity index (χ3n) is 3.70. The molecule has 0 spiro atoms. The lowest BCUT2D eigenvalue weighted by Gasteiger charge is -2.08. The van der Waals surface area contributed by atoms with Crippen LogP contribution in [0.3, 0.4) is 0 Å². The standard InChI is InChI=1S/C18H16N2O3/c1-3-16-19-17(20-23-16)14-8-9-15(11(2)10-14)12-4-6-13(7-5-12)18(21)22/h4-10H,3H2,1-2H3,(H,21,22). The largest absolute Gasteiger partial charge is 0.478 e. The molecule has 23 heavy (non-hydrogen) atoms. The molecule has 0 atom stereocenters. The summed E-state index contributed by atoms with van der Waals surface area (Å²) in [6, 6.07) is 12.8. The van der Waals surface area contributed by atoms with Crippen molar-refractivity contribution < 1.29 is 14.4 Å². The Bertz CT molecular complexity index is 851. The van der Waals surface area contributed by atoms with Crippen LogP contribution in [0.5, 0.6) is 0 Å². The van der Waals surface area contributed by atoms with Gasteiger partial charge in [-0.1, -0.05) is 36.3 Å². The van der Waals surface area contributed by atoms with E-state index in [1.807, 2.05) is 44.2 Å². The van der Waals surface area contributed by atoms with Crippen LogP contribution in [-0.2, 0) is 6.42 Å². The highest BCUT2D eigenvalue weighted by atomic mass is 16.5. The van der Waals surface area contributed by atoms with Gasteiger partial charge in [-0.2, -0.15) is 4.98 Å². The predicted octanol–water partition coefficient (Wildman–Crippen LogP) is 3.97. The Kier molecular flexibility index (Phi) is 3.93. The number of aromatic carboxylic acids is 1. The second-order valence-electron chi connectivity index (χ2n) is 5.28. The first-order valence-electron chi connectivity index (χ1n) is 7.36. The van der Waals surface area contributed by atoms with Crippen LogP contribution < -0.4 is 0 Å². The van der Waals surface area contributed by atoms with Crippen LogP contribution in [0.4, 0.5) is 0 Å². The molecular formula is C18H16N2O3. The monoisotopic (exact) mass is 308 g/mol. The first-order valence-corrected chi connectivity index (χ1v) is 7.36. The molecule has 0 aliphatic heterocycles. The summed E-state index contributed by atoms with van der Waals surface area (Å²) in [5.41, 5.74) is 4.26. The minimum Gasteiger partial charge on any atom is -0.478 e. The van der Waals surface area contributed by atoms with Gasteiger partial charge in [0.2, 0.25) is 11.7 Å². The molecule has 1 aromatic heterocycles. The van der Waals surface area contributed by atoms with E-state index in [4.69, 9.17) is 9.63 Å². The average Bonchev–Trinajstić information content (AvgIpc) is 3.04. The molecule has 0 aliphatic carbocycles. The highest BCUT2D eigenvalue weighted by molar-refractivity contribution is 5.88. The van der Waals surface area contributed by atoms with E-state index in [1.165, 1.54) is 0 Å². The molecule has 116 valence electrons. The van der Waals surface area contributed by atoms with Gasteiger partial charge >= 0.3 is 5.97 Å². The summed E-state index contributed by atoms with van der Waals surface area (Å²) in [5, 5.41) is 12.9. The number of aromatic nitrogens is 2. The summed E-state index contributed by atoms with van der Waals surface area (Å²) in [5.74, 6) is 0.274. The van der Waals surface area contributed by atoms with Crippen molar-refractivity contribution in [3.8, 4) is 22.5 Å². The van der Waals surface area contributed by atoms with Gasteiger partial charge in [0.25, 0.3) is 0 Å². The van der Waals surface area contributed by atoms with Crippen LogP contribution >= 0.6 is 0 Å². The number of hydrogen-bond acceptors (Lipinski definition) is 4. The maximum Gasteiger partial charge on any atom is 0.335 e. The smallest absolute Gasteiger partial charge is 0.335 e. The molecule has 0 fully saturated rings. The quantitative estimate of drug-likeness (QED) is 0.789. The number of aryl methyl sites for hydroxylation is 2. The molecule has 3 aromatic rings. The fraction of sp³-hybridized carbons (Fsp3) is 0.167. The minimum absolute atomic E-state index is 0.280. The molecule has 5 heteroatoms. The van der Waals surface area contributed by atoms with Crippen molar-refractivity contribution in [3.63, 3.8) is 0 Å². The number of rotatable bonds is 4. The van der Waals surface area contributed by atoms with E-state index in [9.17, 15) is 4.79 Å². The van der Waals surface area contributed by atoms with Crippen molar-refractivity contribution in [2.24, 2.45) is 0 Å². The molecule has 0 saturated carbocycles. The molecule has 0 bridgehead atoms. The number of hydrogen-bond donors (Lipinski definition) is 1. The van der Waals surface area contributed by atoms with E-state index in [2.05, 4.69) is 10.1 Å². The van der Waals surface area contributed by atoms with E-state index >= 15 is 0 Å². The van der Waals surface area contributed by atoms with E-state index in [0.29, 0.717) is 18.1 Å². The summed E-state index contributed by atoms with van der Waals surface area (Å²) < 4.78 is 5.14. The maximum absolute atomic E-state index is 10.9. The first-order chi connectivity index (χ1) is 11.1. The Balaban J connectivity index is 1.94. The molecule has 2 aromatic carbocycles. The molecule has 0 aliphatic rings. The van der Waals surface area contributed by atoms with Crippen LogP contribution in [-0.4, -0.2) is 21.2 Å². The van der Waals surface area contributed by atoms with Gasteiger partial charge in [0.15, 0.2) is 0 Å². The zero-order valence-electron chi connectivity index (χ0n) is 12.9. The molecule has 0 radical (unpaired) electrons. The highest BCUT2D eigenvalue weighted by Gasteiger charge is 2.10. The van der Waals surface area contributed by atoms with E-state index in [-0.39, 0.29) is 5.56 Å². The summed E-state index contributed by atoms with van der Waals surface area (Å²) in [4.78, 5) is 15.3. The Morgan fingerprint density at radius 3 is 2.39 bits per heavy atom. The molecule has 0 unspecified atom stereocenters. The van der Waals surface area contributed by atoms with E-state index in [0.717, 1.165) is 22.3 Å². The van der Waals surface area contributed by atoms with Gasteiger partial charge in [-0.3, -0.25) is 0 Å². The van der Waals surface area contributed by atoms with Crippen molar-refractivity contribution in [2.45, 2.75) is 20.3 Å². The third kappa shape index (κ3) is 2.99. The lowest BCUT2D eigenvalue weighted by Crippen LogP contribution is -1.95. The summed E-state index contributed by atoms with van der Waals surface area (Å²) in [6.45, 7) is 3.97. The van der Waals surface area contributed by atoms with Crippen molar-refractivity contribution >= 4 is 5.97 Å². The van der Waals surface area contributed by atoms with Crippen LogP contribution in [0.1, 0.15) is 28.7 Å². The van der Waals surface area contributed by atoms with E-state index in [1.54, 1.807) is 12.1 Å². The summed E-state index contributed by atoms with van der Waals surface area (Å²) in [7, 11) is 0. The number of carboxylic acids is 1. The zero-order valence-corrected chi connectivity index (χ0v) is 12.9. The Morgan fingerprint density at radius 2 is 1.83 bits per heavy atom. The van der Waals surface area contributed by atoms with Gasteiger partial charge < -0.3 is 9.63 Å². The molecule has 5 nitrogen and oxygen atoms in total. The fourth-order valence-electron chi connectivity index (χ4n) is 2.43. The molecule has 3 rings (SSSR count).